The molecule has 3 rings (SSSR count). The summed E-state index contributed by atoms with van der Waals surface area (Å²) in [6, 6.07) is 0. The average Bonchev–Trinajstić information content (AvgIpc) is 3.17. The average molecular weight is 462 g/mol. The van der Waals surface area contributed by atoms with E-state index in [1.54, 1.807) is 39.8 Å². The molecular formula is C24H30O9. The summed E-state index contributed by atoms with van der Waals surface area (Å²) in [5, 5.41) is 0. The second kappa shape index (κ2) is 9.13. The first-order chi connectivity index (χ1) is 15.4. The minimum Gasteiger partial charge on any atom is -0.461 e. The molecule has 0 N–H and O–H groups in total. The third-order valence-electron chi connectivity index (χ3n) is 6.37. The lowest BCUT2D eigenvalue weighted by Gasteiger charge is -2.33. The molecule has 9 nitrogen and oxygen atoms in total. The molecule has 0 radical (unpaired) electrons. The van der Waals surface area contributed by atoms with Crippen molar-refractivity contribution < 1.29 is 42.9 Å². The maximum atomic E-state index is 12.5. The molecule has 9 heteroatoms. The fraction of sp³-hybridized carbons (Fsp3) is 0.583. The van der Waals surface area contributed by atoms with Crippen LogP contribution in [0.15, 0.2) is 34.4 Å². The highest BCUT2D eigenvalue weighted by Gasteiger charge is 2.59. The van der Waals surface area contributed by atoms with Crippen LogP contribution in [-0.2, 0) is 42.9 Å². The van der Waals surface area contributed by atoms with Crippen LogP contribution in [-0.4, -0.2) is 54.1 Å². The van der Waals surface area contributed by atoms with Crippen molar-refractivity contribution in [3.63, 3.8) is 0 Å². The lowest BCUT2D eigenvalue weighted by molar-refractivity contribution is -0.226. The molecular weight excluding hydrogens is 432 g/mol. The lowest BCUT2D eigenvalue weighted by atomic mass is 9.86. The summed E-state index contributed by atoms with van der Waals surface area (Å²) in [6.07, 6.45) is 2.72. The van der Waals surface area contributed by atoms with E-state index in [1.807, 2.05) is 0 Å². The number of allylic oxidation sites excluding steroid dienone is 1. The molecule has 3 heterocycles. The van der Waals surface area contributed by atoms with E-state index in [0.29, 0.717) is 29.6 Å². The number of carbonyl (C=O) groups excluding carboxylic acids is 4. The fourth-order valence-electron chi connectivity index (χ4n) is 4.33. The van der Waals surface area contributed by atoms with Crippen molar-refractivity contribution in [1.82, 2.24) is 0 Å². The molecule has 0 aromatic heterocycles. The maximum Gasteiger partial charge on any atom is 0.338 e. The van der Waals surface area contributed by atoms with Crippen molar-refractivity contribution in [1.29, 1.82) is 0 Å². The summed E-state index contributed by atoms with van der Waals surface area (Å²) in [5.41, 5.74) is 0.874. The zero-order valence-electron chi connectivity index (χ0n) is 19.8. The zero-order valence-corrected chi connectivity index (χ0v) is 19.8. The summed E-state index contributed by atoms with van der Waals surface area (Å²) >= 11 is 0. The Morgan fingerprint density at radius 1 is 1.21 bits per heavy atom. The van der Waals surface area contributed by atoms with Crippen LogP contribution in [0.2, 0.25) is 0 Å². The first-order valence-electron chi connectivity index (χ1n) is 10.9. The standard InChI is InChI=1S/C24H30O9/c1-7-13(2)21(27)31-20-11-24(32-16(5)26)14(3)10-19-17(8-9-23(20,6)33-24)18(22(28)30-19)12-29-15(4)25/h7,10,19-20H,8-9,11-12H2,1-6H3/b13-7+,14-10?/t19-,20+,23+,24+/m1/s1. The predicted molar refractivity (Wildman–Crippen MR) is 114 cm³/mol. The van der Waals surface area contributed by atoms with Gasteiger partial charge in [-0.3, -0.25) is 9.59 Å². The fourth-order valence-corrected chi connectivity index (χ4v) is 4.33. The van der Waals surface area contributed by atoms with Gasteiger partial charge in [-0.05, 0) is 57.8 Å². The molecule has 2 bridgehead atoms. The minimum absolute atomic E-state index is 0.105. The van der Waals surface area contributed by atoms with Crippen molar-refractivity contribution >= 4 is 23.9 Å². The third kappa shape index (κ3) is 4.88. The first-order valence-corrected chi connectivity index (χ1v) is 10.9. The molecule has 180 valence electrons. The van der Waals surface area contributed by atoms with Gasteiger partial charge in [0, 0.05) is 19.4 Å². The highest BCUT2D eigenvalue weighted by molar-refractivity contribution is 5.93. The van der Waals surface area contributed by atoms with E-state index < -0.39 is 47.5 Å². The summed E-state index contributed by atoms with van der Waals surface area (Å²) in [7, 11) is 0. The van der Waals surface area contributed by atoms with Crippen molar-refractivity contribution in [2.24, 2.45) is 0 Å². The molecule has 4 atom stereocenters. The third-order valence-corrected chi connectivity index (χ3v) is 6.37. The van der Waals surface area contributed by atoms with Crippen molar-refractivity contribution in [3.05, 3.63) is 34.4 Å². The van der Waals surface area contributed by atoms with Crippen LogP contribution in [0.25, 0.3) is 0 Å². The molecule has 3 aliphatic heterocycles. The Kier molecular flexibility index (Phi) is 6.83. The van der Waals surface area contributed by atoms with Gasteiger partial charge in [-0.25, -0.2) is 9.59 Å². The van der Waals surface area contributed by atoms with Crippen LogP contribution in [0.3, 0.4) is 0 Å². The Bertz CT molecular complexity index is 972. The van der Waals surface area contributed by atoms with E-state index in [4.69, 9.17) is 23.7 Å². The molecule has 0 aromatic carbocycles. The van der Waals surface area contributed by atoms with Gasteiger partial charge >= 0.3 is 23.9 Å². The van der Waals surface area contributed by atoms with Gasteiger partial charge in [0.2, 0.25) is 5.79 Å². The molecule has 0 amide bonds. The van der Waals surface area contributed by atoms with Crippen molar-refractivity contribution in [2.45, 2.75) is 84.4 Å². The highest BCUT2D eigenvalue weighted by atomic mass is 16.7. The Morgan fingerprint density at radius 2 is 1.91 bits per heavy atom. The van der Waals surface area contributed by atoms with E-state index in [-0.39, 0.29) is 18.6 Å². The van der Waals surface area contributed by atoms with Crippen LogP contribution in [0, 0.1) is 0 Å². The smallest absolute Gasteiger partial charge is 0.338 e. The molecule has 0 aliphatic carbocycles. The first kappa shape index (κ1) is 24.7. The Labute approximate surface area is 192 Å². The van der Waals surface area contributed by atoms with Crippen LogP contribution in [0.1, 0.15) is 60.8 Å². The van der Waals surface area contributed by atoms with Gasteiger partial charge in [0.1, 0.15) is 24.4 Å². The van der Waals surface area contributed by atoms with Crippen molar-refractivity contribution in [3.8, 4) is 0 Å². The quantitative estimate of drug-likeness (QED) is 0.263. The van der Waals surface area contributed by atoms with Gasteiger partial charge in [0.15, 0.2) is 0 Å². The molecule has 1 fully saturated rings. The highest BCUT2D eigenvalue weighted by Crippen LogP contribution is 2.49. The number of carbonyl (C=O) groups is 4. The number of fused-ring (bicyclic) bond motifs is 3. The van der Waals surface area contributed by atoms with E-state index in [1.165, 1.54) is 13.8 Å². The summed E-state index contributed by atoms with van der Waals surface area (Å²) in [5.74, 6) is -3.59. The van der Waals surface area contributed by atoms with Gasteiger partial charge in [-0.1, -0.05) is 6.08 Å². The number of rotatable bonds is 5. The van der Waals surface area contributed by atoms with Gasteiger partial charge < -0.3 is 23.7 Å². The predicted octanol–water partition coefficient (Wildman–Crippen LogP) is 2.83. The molecule has 3 aliphatic rings. The Balaban J connectivity index is 2.05. The van der Waals surface area contributed by atoms with E-state index in [9.17, 15) is 19.2 Å². The monoisotopic (exact) mass is 462 g/mol. The van der Waals surface area contributed by atoms with E-state index >= 15 is 0 Å². The summed E-state index contributed by atoms with van der Waals surface area (Å²) in [4.78, 5) is 48.4. The maximum absolute atomic E-state index is 12.5. The summed E-state index contributed by atoms with van der Waals surface area (Å²) < 4.78 is 28.4. The SMILES string of the molecule is C/C=C(\C)C(=O)O[C@H]1C[C@]2(OC(C)=O)O[C@@]1(C)CCC1=C(COC(C)=O)C(=O)O[C@@H]1C=C2C. The van der Waals surface area contributed by atoms with E-state index in [0.717, 1.165) is 0 Å². The molecule has 0 saturated carbocycles. The molecule has 1 saturated heterocycles. The van der Waals surface area contributed by atoms with E-state index in [2.05, 4.69) is 0 Å². The van der Waals surface area contributed by atoms with Crippen LogP contribution >= 0.6 is 0 Å². The van der Waals surface area contributed by atoms with Crippen LogP contribution < -0.4 is 0 Å². The minimum atomic E-state index is -1.48. The Hall–Kier alpha value is -2.94. The molecule has 0 unspecified atom stereocenters. The van der Waals surface area contributed by atoms with Crippen LogP contribution in [0.4, 0.5) is 0 Å². The topological polar surface area (TPSA) is 114 Å². The lowest BCUT2D eigenvalue weighted by Crippen LogP contribution is -2.41. The van der Waals surface area contributed by atoms with Crippen molar-refractivity contribution in [2.75, 3.05) is 6.61 Å². The van der Waals surface area contributed by atoms with Gasteiger partial charge in [-0.2, -0.15) is 0 Å². The number of hydrogen-bond acceptors (Lipinski definition) is 9. The largest absolute Gasteiger partial charge is 0.461 e. The second-order valence-electron chi connectivity index (χ2n) is 8.79. The van der Waals surface area contributed by atoms with Gasteiger partial charge in [-0.15, -0.1) is 0 Å². The second-order valence-corrected chi connectivity index (χ2v) is 8.79. The zero-order chi connectivity index (χ0) is 24.6. The molecule has 0 spiro atoms. The summed E-state index contributed by atoms with van der Waals surface area (Å²) in [6.45, 7) is 9.24. The van der Waals surface area contributed by atoms with Crippen LogP contribution in [0.5, 0.6) is 0 Å². The Morgan fingerprint density at radius 3 is 2.52 bits per heavy atom. The van der Waals surface area contributed by atoms with Gasteiger partial charge in [0.05, 0.1) is 12.0 Å². The van der Waals surface area contributed by atoms with Gasteiger partial charge in [0.25, 0.3) is 0 Å². The number of ether oxygens (including phenoxy) is 5. The molecule has 0 aromatic rings. The number of esters is 4. The molecule has 33 heavy (non-hydrogen) atoms. The normalized spacial score (nSPS) is 31.5. The number of hydrogen-bond donors (Lipinski definition) is 0.